The molecule has 0 aromatic heterocycles. The molecule has 0 amide bonds. The largest absolute Gasteiger partial charge is 0.488 e. The summed E-state index contributed by atoms with van der Waals surface area (Å²) in [7, 11) is 0.242. The van der Waals surface area contributed by atoms with E-state index in [-0.39, 0.29) is 14.4 Å². The molecular formula is C19H16FOP. The molecule has 0 aliphatic rings. The van der Waals surface area contributed by atoms with Crippen LogP contribution in [0.25, 0.3) is 0 Å². The van der Waals surface area contributed by atoms with E-state index in [1.54, 1.807) is 6.07 Å². The lowest BCUT2D eigenvalue weighted by Gasteiger charge is -2.12. The van der Waals surface area contributed by atoms with Crippen LogP contribution in [0.15, 0.2) is 78.9 Å². The molecule has 0 radical (unpaired) electrons. The molecule has 0 heterocycles. The molecule has 0 saturated heterocycles. The van der Waals surface area contributed by atoms with E-state index in [9.17, 15) is 4.39 Å². The predicted molar refractivity (Wildman–Crippen MR) is 91.2 cm³/mol. The van der Waals surface area contributed by atoms with Gasteiger partial charge in [0.1, 0.15) is 18.2 Å². The van der Waals surface area contributed by atoms with Gasteiger partial charge >= 0.3 is 0 Å². The SMILES string of the molecule is Fc1ccccc1Pc1ccccc1OCc1ccccc1. The number of hydrogen-bond acceptors (Lipinski definition) is 1. The van der Waals surface area contributed by atoms with Gasteiger partial charge < -0.3 is 4.74 Å². The maximum Gasteiger partial charge on any atom is 0.130 e. The molecular weight excluding hydrogens is 294 g/mol. The molecule has 3 rings (SSSR count). The van der Waals surface area contributed by atoms with Crippen LogP contribution >= 0.6 is 8.58 Å². The molecule has 0 fully saturated rings. The van der Waals surface area contributed by atoms with Crippen molar-refractivity contribution in [1.29, 1.82) is 0 Å². The van der Waals surface area contributed by atoms with Crippen molar-refractivity contribution in [2.24, 2.45) is 0 Å². The van der Waals surface area contributed by atoms with Crippen LogP contribution in [0.5, 0.6) is 5.75 Å². The van der Waals surface area contributed by atoms with Crippen molar-refractivity contribution in [3.63, 3.8) is 0 Å². The fraction of sp³-hybridized carbons (Fsp3) is 0.0526. The second-order valence-corrected chi connectivity index (χ2v) is 6.20. The second kappa shape index (κ2) is 7.20. The first-order valence-corrected chi connectivity index (χ1v) is 8.10. The Labute approximate surface area is 131 Å². The molecule has 0 saturated carbocycles. The first-order chi connectivity index (χ1) is 10.8. The number of rotatable bonds is 5. The van der Waals surface area contributed by atoms with E-state index >= 15 is 0 Å². The molecule has 22 heavy (non-hydrogen) atoms. The molecule has 1 nitrogen and oxygen atoms in total. The lowest BCUT2D eigenvalue weighted by molar-refractivity contribution is 0.309. The summed E-state index contributed by atoms with van der Waals surface area (Å²) in [5, 5.41) is 1.72. The summed E-state index contributed by atoms with van der Waals surface area (Å²) in [6.45, 7) is 0.513. The maximum absolute atomic E-state index is 13.8. The molecule has 1 atom stereocenters. The molecule has 1 unspecified atom stereocenters. The normalized spacial score (nSPS) is 11.0. The monoisotopic (exact) mass is 310 g/mol. The molecule has 0 bridgehead atoms. The average Bonchev–Trinajstić information content (AvgIpc) is 2.57. The summed E-state index contributed by atoms with van der Waals surface area (Å²) in [6.07, 6.45) is 0. The van der Waals surface area contributed by atoms with Gasteiger partial charge in [0.25, 0.3) is 0 Å². The molecule has 3 aromatic carbocycles. The highest BCUT2D eigenvalue weighted by molar-refractivity contribution is 7.55. The first-order valence-electron chi connectivity index (χ1n) is 7.10. The molecule has 110 valence electrons. The summed E-state index contributed by atoms with van der Waals surface area (Å²) in [5.41, 5.74) is 1.12. The fourth-order valence-electron chi connectivity index (χ4n) is 2.14. The van der Waals surface area contributed by atoms with E-state index in [1.807, 2.05) is 66.7 Å². The Balaban J connectivity index is 1.77. The number of para-hydroxylation sites is 1. The summed E-state index contributed by atoms with van der Waals surface area (Å²) in [4.78, 5) is 0. The van der Waals surface area contributed by atoms with Gasteiger partial charge in [-0.3, -0.25) is 0 Å². The third-order valence-corrected chi connectivity index (χ3v) is 4.62. The molecule has 0 aliphatic heterocycles. The Bertz CT molecular complexity index is 743. The van der Waals surface area contributed by atoms with E-state index in [0.717, 1.165) is 16.6 Å². The lowest BCUT2D eigenvalue weighted by Crippen LogP contribution is -2.10. The van der Waals surface area contributed by atoms with Gasteiger partial charge in [0.15, 0.2) is 0 Å². The van der Waals surface area contributed by atoms with Crippen LogP contribution in [0, 0.1) is 5.82 Å². The third kappa shape index (κ3) is 3.72. The van der Waals surface area contributed by atoms with Crippen LogP contribution in [0.3, 0.4) is 0 Å². The van der Waals surface area contributed by atoms with Gasteiger partial charge in [-0.25, -0.2) is 4.39 Å². The van der Waals surface area contributed by atoms with E-state index in [0.29, 0.717) is 11.9 Å². The van der Waals surface area contributed by atoms with Crippen LogP contribution in [-0.4, -0.2) is 0 Å². The fourth-order valence-corrected chi connectivity index (χ4v) is 3.27. The van der Waals surface area contributed by atoms with E-state index in [4.69, 9.17) is 4.74 Å². The van der Waals surface area contributed by atoms with Crippen molar-refractivity contribution in [2.45, 2.75) is 6.61 Å². The molecule has 3 heteroatoms. The number of benzene rings is 3. The molecule has 3 aromatic rings. The Morgan fingerprint density at radius 2 is 1.36 bits per heavy atom. The van der Waals surface area contributed by atoms with Gasteiger partial charge in [0.05, 0.1) is 0 Å². The van der Waals surface area contributed by atoms with Gasteiger partial charge in [-0.1, -0.05) is 75.3 Å². The minimum Gasteiger partial charge on any atom is -0.488 e. The van der Waals surface area contributed by atoms with Gasteiger partial charge in [-0.2, -0.15) is 0 Å². The highest BCUT2D eigenvalue weighted by atomic mass is 31.1. The summed E-state index contributed by atoms with van der Waals surface area (Å²) < 4.78 is 19.7. The van der Waals surface area contributed by atoms with Crippen molar-refractivity contribution >= 4 is 19.2 Å². The maximum atomic E-state index is 13.8. The standard InChI is InChI=1S/C19H16FOP/c20-16-10-4-6-12-18(16)22-19-13-7-5-11-17(19)21-14-15-8-2-1-3-9-15/h1-13,22H,14H2. The molecule has 0 N–H and O–H groups in total. The van der Waals surface area contributed by atoms with Crippen LogP contribution in [0.2, 0.25) is 0 Å². The van der Waals surface area contributed by atoms with Crippen LogP contribution in [-0.2, 0) is 6.61 Å². The average molecular weight is 310 g/mol. The number of ether oxygens (including phenoxy) is 1. The van der Waals surface area contributed by atoms with Crippen molar-refractivity contribution < 1.29 is 9.13 Å². The minimum atomic E-state index is -0.168. The smallest absolute Gasteiger partial charge is 0.130 e. The Hall–Kier alpha value is -2.18. The van der Waals surface area contributed by atoms with E-state index < -0.39 is 0 Å². The Morgan fingerprint density at radius 3 is 2.14 bits per heavy atom. The van der Waals surface area contributed by atoms with Crippen molar-refractivity contribution in [3.8, 4) is 5.75 Å². The van der Waals surface area contributed by atoms with E-state index in [2.05, 4.69) is 0 Å². The number of hydrogen-bond donors (Lipinski definition) is 0. The van der Waals surface area contributed by atoms with Crippen LogP contribution in [0.1, 0.15) is 5.56 Å². The zero-order valence-electron chi connectivity index (χ0n) is 12.0. The van der Waals surface area contributed by atoms with Gasteiger partial charge in [-0.05, 0) is 17.7 Å². The summed E-state index contributed by atoms with van der Waals surface area (Å²) in [6, 6.07) is 24.7. The first kappa shape index (κ1) is 14.7. The zero-order valence-corrected chi connectivity index (χ0v) is 13.0. The lowest BCUT2D eigenvalue weighted by atomic mass is 10.2. The van der Waals surface area contributed by atoms with Crippen molar-refractivity contribution in [2.75, 3.05) is 0 Å². The van der Waals surface area contributed by atoms with Gasteiger partial charge in [0.2, 0.25) is 0 Å². The molecule has 0 spiro atoms. The minimum absolute atomic E-state index is 0.168. The quantitative estimate of drug-likeness (QED) is 0.646. The number of halogens is 1. The third-order valence-electron chi connectivity index (χ3n) is 3.27. The van der Waals surface area contributed by atoms with Crippen molar-refractivity contribution in [3.05, 3.63) is 90.2 Å². The topological polar surface area (TPSA) is 9.23 Å². The highest BCUT2D eigenvalue weighted by Crippen LogP contribution is 2.21. The zero-order chi connectivity index (χ0) is 15.2. The second-order valence-electron chi connectivity index (χ2n) is 4.88. The van der Waals surface area contributed by atoms with Gasteiger partial charge in [-0.15, -0.1) is 0 Å². The van der Waals surface area contributed by atoms with E-state index in [1.165, 1.54) is 6.07 Å². The summed E-state index contributed by atoms with van der Waals surface area (Å²) in [5.74, 6) is 0.645. The highest BCUT2D eigenvalue weighted by Gasteiger charge is 2.07. The molecule has 0 aliphatic carbocycles. The van der Waals surface area contributed by atoms with Crippen LogP contribution < -0.4 is 15.3 Å². The Morgan fingerprint density at radius 1 is 0.727 bits per heavy atom. The van der Waals surface area contributed by atoms with Gasteiger partial charge in [0, 0.05) is 10.6 Å². The van der Waals surface area contributed by atoms with Crippen molar-refractivity contribution in [1.82, 2.24) is 0 Å². The predicted octanol–water partition coefficient (Wildman–Crippen LogP) is 4.03. The van der Waals surface area contributed by atoms with Crippen LogP contribution in [0.4, 0.5) is 4.39 Å². The summed E-state index contributed by atoms with van der Waals surface area (Å²) >= 11 is 0. The Kier molecular flexibility index (Phi) is 4.82.